The highest BCUT2D eigenvalue weighted by atomic mass is 16.1. The molecule has 0 bridgehead atoms. The molecule has 8 heteroatoms. The summed E-state index contributed by atoms with van der Waals surface area (Å²) in [6.45, 7) is 4.12. The number of carbonyl (C=O) groups excluding carboxylic acids is 1. The molecule has 168 valence electrons. The highest BCUT2D eigenvalue weighted by Gasteiger charge is 2.14. The highest BCUT2D eigenvalue weighted by molar-refractivity contribution is 5.94. The van der Waals surface area contributed by atoms with Crippen LogP contribution in [-0.2, 0) is 19.4 Å². The molecular weight excluding hydrogens is 390 g/mol. The molecule has 1 aliphatic heterocycles. The molecule has 2 heterocycles. The number of benzene rings is 1. The number of carbonyl (C=O) groups is 1. The van der Waals surface area contributed by atoms with Gasteiger partial charge in [0.25, 0.3) is 5.91 Å². The average Bonchev–Trinajstić information content (AvgIpc) is 3.41. The van der Waals surface area contributed by atoms with E-state index in [1.807, 2.05) is 30.5 Å². The van der Waals surface area contributed by atoms with Crippen LogP contribution in [0.1, 0.15) is 67.1 Å². The largest absolute Gasteiger partial charge is 0.370 e. The Morgan fingerprint density at radius 3 is 2.77 bits per heavy atom. The minimum atomic E-state index is -0.0497. The number of guanidine groups is 1. The van der Waals surface area contributed by atoms with Crippen molar-refractivity contribution in [3.8, 4) is 0 Å². The van der Waals surface area contributed by atoms with E-state index in [2.05, 4.69) is 32.9 Å². The van der Waals surface area contributed by atoms with E-state index in [1.54, 1.807) is 4.68 Å². The summed E-state index contributed by atoms with van der Waals surface area (Å²) in [5.74, 6) is 0.518. The highest BCUT2D eigenvalue weighted by Crippen LogP contribution is 2.10. The van der Waals surface area contributed by atoms with E-state index in [0.29, 0.717) is 30.7 Å². The van der Waals surface area contributed by atoms with Gasteiger partial charge in [-0.1, -0.05) is 43.5 Å². The van der Waals surface area contributed by atoms with Gasteiger partial charge in [-0.15, -0.1) is 5.10 Å². The van der Waals surface area contributed by atoms with Crippen LogP contribution in [0.15, 0.2) is 35.5 Å². The van der Waals surface area contributed by atoms with Crippen LogP contribution in [0.25, 0.3) is 0 Å². The van der Waals surface area contributed by atoms with E-state index in [-0.39, 0.29) is 5.91 Å². The van der Waals surface area contributed by atoms with Crippen molar-refractivity contribution in [3.05, 3.63) is 47.3 Å². The predicted molar refractivity (Wildman–Crippen MR) is 123 cm³/mol. The molecule has 1 aromatic heterocycles. The number of amides is 1. The predicted octanol–water partition coefficient (Wildman–Crippen LogP) is 2.44. The molecule has 1 aromatic carbocycles. The van der Waals surface area contributed by atoms with Crippen LogP contribution >= 0.6 is 0 Å². The normalized spacial score (nSPS) is 15.5. The number of aromatic nitrogens is 3. The second-order valence-electron chi connectivity index (χ2n) is 8.20. The van der Waals surface area contributed by atoms with Crippen molar-refractivity contribution in [2.75, 3.05) is 13.1 Å². The minimum Gasteiger partial charge on any atom is -0.370 e. The third kappa shape index (κ3) is 7.70. The summed E-state index contributed by atoms with van der Waals surface area (Å²) in [4.78, 5) is 16.5. The number of aryl methyl sites for hydroxylation is 2. The Balaban J connectivity index is 1.28. The molecule has 4 N–H and O–H groups in total. The van der Waals surface area contributed by atoms with Crippen molar-refractivity contribution < 1.29 is 4.79 Å². The second kappa shape index (κ2) is 12.1. The Labute approximate surface area is 184 Å². The maximum absolute atomic E-state index is 12.3. The lowest BCUT2D eigenvalue weighted by atomic mass is 10.1. The molecule has 0 fully saturated rings. The van der Waals surface area contributed by atoms with Crippen molar-refractivity contribution in [1.82, 2.24) is 25.6 Å². The maximum atomic E-state index is 12.3. The minimum absolute atomic E-state index is 0.0497. The van der Waals surface area contributed by atoms with Gasteiger partial charge in [0.1, 0.15) is 0 Å². The lowest BCUT2D eigenvalue weighted by Crippen LogP contribution is -2.34. The van der Waals surface area contributed by atoms with Crippen LogP contribution in [0.4, 0.5) is 0 Å². The molecule has 0 radical (unpaired) electrons. The summed E-state index contributed by atoms with van der Waals surface area (Å²) in [6, 6.07) is 8.29. The molecule has 1 aliphatic rings. The van der Waals surface area contributed by atoms with Gasteiger partial charge in [-0.25, -0.2) is 0 Å². The van der Waals surface area contributed by atoms with Gasteiger partial charge in [-0.2, -0.15) is 0 Å². The first kappa shape index (κ1) is 22.8. The lowest BCUT2D eigenvalue weighted by Gasteiger charge is -2.09. The van der Waals surface area contributed by atoms with Gasteiger partial charge in [0.05, 0.1) is 18.8 Å². The van der Waals surface area contributed by atoms with E-state index in [1.165, 1.54) is 18.4 Å². The van der Waals surface area contributed by atoms with E-state index in [0.717, 1.165) is 50.8 Å². The van der Waals surface area contributed by atoms with E-state index in [4.69, 9.17) is 5.73 Å². The van der Waals surface area contributed by atoms with Crippen LogP contribution in [0.5, 0.6) is 0 Å². The molecule has 0 saturated heterocycles. The average molecular weight is 426 g/mol. The van der Waals surface area contributed by atoms with Gasteiger partial charge in [0.2, 0.25) is 0 Å². The Morgan fingerprint density at radius 1 is 1.19 bits per heavy atom. The van der Waals surface area contributed by atoms with Crippen molar-refractivity contribution in [2.24, 2.45) is 10.7 Å². The summed E-state index contributed by atoms with van der Waals surface area (Å²) in [6.07, 6.45) is 10.8. The quantitative estimate of drug-likeness (QED) is 0.427. The van der Waals surface area contributed by atoms with Gasteiger partial charge >= 0.3 is 0 Å². The SMILES string of the molecule is CCCCc1ccc(C(=O)NCCn2cc(CCCCCC3CN=C(N)N3)nn2)cc1. The number of nitrogens with two attached hydrogens (primary N) is 1. The molecule has 0 aliphatic carbocycles. The summed E-state index contributed by atoms with van der Waals surface area (Å²) < 4.78 is 1.80. The molecule has 8 nitrogen and oxygen atoms in total. The van der Waals surface area contributed by atoms with E-state index in [9.17, 15) is 4.79 Å². The Bertz CT molecular complexity index is 844. The summed E-state index contributed by atoms with van der Waals surface area (Å²) in [5.41, 5.74) is 8.61. The molecule has 31 heavy (non-hydrogen) atoms. The fraction of sp³-hybridized carbons (Fsp3) is 0.565. The van der Waals surface area contributed by atoms with Gasteiger partial charge in [-0.3, -0.25) is 14.5 Å². The number of nitrogens with zero attached hydrogens (tertiary/aromatic N) is 4. The van der Waals surface area contributed by atoms with Crippen molar-refractivity contribution in [2.45, 2.75) is 70.9 Å². The molecule has 0 saturated carbocycles. The number of hydrogen-bond acceptors (Lipinski definition) is 6. The zero-order chi connectivity index (χ0) is 21.9. The summed E-state index contributed by atoms with van der Waals surface area (Å²) >= 11 is 0. The zero-order valence-corrected chi connectivity index (χ0v) is 18.5. The first-order valence-corrected chi connectivity index (χ1v) is 11.5. The van der Waals surface area contributed by atoms with Crippen molar-refractivity contribution >= 4 is 11.9 Å². The van der Waals surface area contributed by atoms with E-state index >= 15 is 0 Å². The molecule has 1 unspecified atom stereocenters. The van der Waals surface area contributed by atoms with Gasteiger partial charge in [0.15, 0.2) is 5.96 Å². The Morgan fingerprint density at radius 2 is 2.03 bits per heavy atom. The Hall–Kier alpha value is -2.90. The maximum Gasteiger partial charge on any atom is 0.251 e. The van der Waals surface area contributed by atoms with Gasteiger partial charge in [-0.05, 0) is 49.8 Å². The van der Waals surface area contributed by atoms with Gasteiger partial charge < -0.3 is 16.4 Å². The topological polar surface area (TPSA) is 110 Å². The summed E-state index contributed by atoms with van der Waals surface area (Å²) in [5, 5.41) is 14.6. The number of nitrogens with one attached hydrogen (secondary N) is 2. The molecule has 1 atom stereocenters. The zero-order valence-electron chi connectivity index (χ0n) is 18.5. The summed E-state index contributed by atoms with van der Waals surface area (Å²) in [7, 11) is 0. The molecule has 0 spiro atoms. The lowest BCUT2D eigenvalue weighted by molar-refractivity contribution is 0.0952. The molecule has 1 amide bonds. The second-order valence-corrected chi connectivity index (χ2v) is 8.20. The fourth-order valence-electron chi connectivity index (χ4n) is 3.70. The van der Waals surface area contributed by atoms with Crippen LogP contribution < -0.4 is 16.4 Å². The number of aliphatic imine (C=N–C) groups is 1. The Kier molecular flexibility index (Phi) is 8.87. The molecular formula is C23H35N7O. The van der Waals surface area contributed by atoms with Gasteiger partial charge in [0, 0.05) is 24.3 Å². The monoisotopic (exact) mass is 425 g/mol. The van der Waals surface area contributed by atoms with Crippen molar-refractivity contribution in [3.63, 3.8) is 0 Å². The van der Waals surface area contributed by atoms with Crippen LogP contribution in [0.3, 0.4) is 0 Å². The third-order valence-corrected chi connectivity index (χ3v) is 5.57. The number of hydrogen-bond donors (Lipinski definition) is 3. The molecule has 2 aromatic rings. The van der Waals surface area contributed by atoms with Crippen LogP contribution in [0, 0.1) is 0 Å². The number of unbranched alkanes of at least 4 members (excludes halogenated alkanes) is 3. The molecule has 3 rings (SSSR count). The van der Waals surface area contributed by atoms with E-state index < -0.39 is 0 Å². The first-order valence-electron chi connectivity index (χ1n) is 11.5. The number of rotatable bonds is 13. The van der Waals surface area contributed by atoms with Crippen LogP contribution in [0.2, 0.25) is 0 Å². The third-order valence-electron chi connectivity index (χ3n) is 5.57. The van der Waals surface area contributed by atoms with Crippen LogP contribution in [-0.4, -0.2) is 46.0 Å². The van der Waals surface area contributed by atoms with Crippen molar-refractivity contribution in [1.29, 1.82) is 0 Å². The standard InChI is InChI=1S/C23H35N7O/c1-2-3-7-18-10-12-19(13-11-18)22(31)25-14-15-30-17-21(28-29-30)9-6-4-5-8-20-16-26-23(24)27-20/h10-13,17,20H,2-9,14-16H2,1H3,(H,25,31)(H3,24,26,27). The smallest absolute Gasteiger partial charge is 0.251 e. The fourth-order valence-corrected chi connectivity index (χ4v) is 3.70. The first-order chi connectivity index (χ1) is 15.1.